The zero-order valence-corrected chi connectivity index (χ0v) is 24.6. The van der Waals surface area contributed by atoms with Gasteiger partial charge in [0.2, 0.25) is 0 Å². The molecule has 9 rings (SSSR count). The highest BCUT2D eigenvalue weighted by Crippen LogP contribution is 2.70. The molecule has 42 heavy (non-hydrogen) atoms. The summed E-state index contributed by atoms with van der Waals surface area (Å²) in [5.41, 5.74) is 4.28. The molecule has 1 N–H and O–H groups in total. The van der Waals surface area contributed by atoms with E-state index in [1.165, 1.54) is 47.7 Å². The van der Waals surface area contributed by atoms with Crippen LogP contribution in [-0.2, 0) is 9.53 Å². The van der Waals surface area contributed by atoms with Gasteiger partial charge in [-0.15, -0.1) is 0 Å². The molecule has 5 bridgehead atoms. The number of allylic oxidation sites excluding steroid dienone is 3. The number of hydrogen-bond donors (Lipinski definition) is 1. The number of hydrogen-bond acceptors (Lipinski definition) is 5. The fraction of sp³-hybridized carbons (Fsp3) is 0.556. The molecule has 4 fully saturated rings. The van der Waals surface area contributed by atoms with Crippen LogP contribution < -0.4 is 0 Å². The maximum absolute atomic E-state index is 12.8. The third-order valence-corrected chi connectivity index (χ3v) is 11.9. The first-order valence-corrected chi connectivity index (χ1v) is 16.6. The molecule has 1 spiro atoms. The third-order valence-electron chi connectivity index (χ3n) is 11.9. The van der Waals surface area contributed by atoms with Crippen LogP contribution in [0, 0.1) is 11.3 Å². The lowest BCUT2D eigenvalue weighted by Gasteiger charge is -2.59. The summed E-state index contributed by atoms with van der Waals surface area (Å²) in [7, 11) is 0. The number of aromatic amines is 1. The summed E-state index contributed by atoms with van der Waals surface area (Å²) < 4.78 is 7.53. The van der Waals surface area contributed by atoms with E-state index in [-0.39, 0.29) is 16.7 Å². The number of nitrogens with zero attached hydrogens (tertiary/aromatic N) is 3. The first-order chi connectivity index (χ1) is 20.6. The van der Waals surface area contributed by atoms with Crippen molar-refractivity contribution in [3.8, 4) is 0 Å². The third kappa shape index (κ3) is 3.55. The first-order valence-electron chi connectivity index (χ1n) is 16.6. The van der Waals surface area contributed by atoms with Gasteiger partial charge >= 0.3 is 0 Å². The molecule has 0 amide bonds. The van der Waals surface area contributed by atoms with E-state index in [0.717, 1.165) is 69.4 Å². The summed E-state index contributed by atoms with van der Waals surface area (Å²) in [5, 5.41) is 2.52. The second-order valence-electron chi connectivity index (χ2n) is 14.1. The number of benzene rings is 1. The minimum atomic E-state index is -0.366. The van der Waals surface area contributed by atoms with Crippen LogP contribution in [0.15, 0.2) is 54.8 Å². The number of ketones is 1. The Bertz CT molecular complexity index is 1640. The second-order valence-corrected chi connectivity index (χ2v) is 14.1. The van der Waals surface area contributed by atoms with E-state index in [1.807, 2.05) is 6.20 Å². The maximum Gasteiger partial charge on any atom is 0.133 e. The molecule has 3 aromatic rings. The quantitative estimate of drug-likeness (QED) is 0.338. The molecule has 6 heteroatoms. The molecule has 7 heterocycles. The van der Waals surface area contributed by atoms with Gasteiger partial charge in [-0.1, -0.05) is 30.4 Å². The average molecular weight is 563 g/mol. The van der Waals surface area contributed by atoms with Crippen LogP contribution in [0.25, 0.3) is 27.4 Å². The van der Waals surface area contributed by atoms with Gasteiger partial charge in [-0.3, -0.25) is 14.7 Å². The summed E-state index contributed by atoms with van der Waals surface area (Å²) >= 11 is 0. The van der Waals surface area contributed by atoms with Crippen molar-refractivity contribution in [1.29, 1.82) is 0 Å². The van der Waals surface area contributed by atoms with Crippen molar-refractivity contribution in [1.82, 2.24) is 19.8 Å². The predicted octanol–water partition coefficient (Wildman–Crippen LogP) is 6.62. The smallest absolute Gasteiger partial charge is 0.133 e. The molecule has 218 valence electrons. The van der Waals surface area contributed by atoms with Crippen LogP contribution in [0.5, 0.6) is 0 Å². The number of aromatic nitrogens is 2. The van der Waals surface area contributed by atoms with Gasteiger partial charge in [0.25, 0.3) is 0 Å². The minimum absolute atomic E-state index is 0.0988. The van der Waals surface area contributed by atoms with Crippen molar-refractivity contribution >= 4 is 33.2 Å². The van der Waals surface area contributed by atoms with Gasteiger partial charge in [-0.2, -0.15) is 0 Å². The number of H-pyrrole nitrogens is 1. The van der Waals surface area contributed by atoms with Crippen molar-refractivity contribution < 1.29 is 9.53 Å². The Labute approximate surface area is 248 Å². The second kappa shape index (κ2) is 9.35. The Kier molecular flexibility index (Phi) is 5.71. The number of carbonyl (C=O) groups excluding carboxylic acids is 1. The number of nitrogens with one attached hydrogen (secondary N) is 1. The van der Waals surface area contributed by atoms with Crippen molar-refractivity contribution in [2.75, 3.05) is 26.2 Å². The molecular weight excluding hydrogens is 520 g/mol. The Balaban J connectivity index is 1.27. The van der Waals surface area contributed by atoms with Crippen LogP contribution in [0.1, 0.15) is 76.3 Å². The van der Waals surface area contributed by atoms with Crippen molar-refractivity contribution in [2.24, 2.45) is 11.3 Å². The highest BCUT2D eigenvalue weighted by molar-refractivity contribution is 6.09. The average Bonchev–Trinajstić information content (AvgIpc) is 3.58. The summed E-state index contributed by atoms with van der Waals surface area (Å²) in [6, 6.07) is 11.2. The molecule has 5 aliphatic heterocycles. The van der Waals surface area contributed by atoms with Crippen LogP contribution >= 0.6 is 0 Å². The van der Waals surface area contributed by atoms with E-state index < -0.39 is 0 Å². The SMILES string of the molecule is O=C1CCCN2C3C45C=C(c6nccc7c6[nH]c6ccccc67)C6CCN(CCCC/C=C\CC4)CC63C[C@]2(CC1)O5. The van der Waals surface area contributed by atoms with Gasteiger partial charge in [0.1, 0.15) is 17.1 Å². The molecule has 0 radical (unpaired) electrons. The van der Waals surface area contributed by atoms with Crippen LogP contribution in [0.2, 0.25) is 0 Å². The summed E-state index contributed by atoms with van der Waals surface area (Å²) in [6.45, 7) is 4.44. The first kappa shape index (κ1) is 25.7. The highest BCUT2D eigenvalue weighted by atomic mass is 16.6. The summed E-state index contributed by atoms with van der Waals surface area (Å²) in [5.74, 6) is 0.850. The lowest BCUT2D eigenvalue weighted by molar-refractivity contribution is -0.180. The highest BCUT2D eigenvalue weighted by Gasteiger charge is 2.77. The molecule has 5 unspecified atom stereocenters. The maximum atomic E-state index is 12.8. The zero-order valence-electron chi connectivity index (χ0n) is 24.6. The van der Waals surface area contributed by atoms with E-state index >= 15 is 0 Å². The molecule has 1 aromatic carbocycles. The van der Waals surface area contributed by atoms with E-state index in [0.29, 0.717) is 30.6 Å². The van der Waals surface area contributed by atoms with Crippen molar-refractivity contribution in [3.05, 3.63) is 60.5 Å². The van der Waals surface area contributed by atoms with Gasteiger partial charge in [0.15, 0.2) is 0 Å². The number of fused-ring (bicyclic) bond motifs is 4. The summed E-state index contributed by atoms with van der Waals surface area (Å²) in [6.07, 6.45) is 20.5. The summed E-state index contributed by atoms with van der Waals surface area (Å²) in [4.78, 5) is 27.3. The molecule has 1 aliphatic carbocycles. The lowest BCUT2D eigenvalue weighted by atomic mass is 9.53. The number of rotatable bonds is 1. The normalized spacial score (nSPS) is 39.2. The Morgan fingerprint density at radius 1 is 0.952 bits per heavy atom. The zero-order chi connectivity index (χ0) is 27.9. The number of Topliss-reactive ketones (excluding diaryl/α,β-unsaturated/α-hetero) is 1. The molecule has 4 saturated heterocycles. The molecule has 2 aromatic heterocycles. The number of para-hydroxylation sites is 1. The van der Waals surface area contributed by atoms with Gasteiger partial charge in [0.05, 0.1) is 17.3 Å². The topological polar surface area (TPSA) is 61.5 Å². The Morgan fingerprint density at radius 3 is 2.86 bits per heavy atom. The fourth-order valence-corrected chi connectivity index (χ4v) is 10.5. The molecule has 6 aliphatic rings. The van der Waals surface area contributed by atoms with Gasteiger partial charge < -0.3 is 14.6 Å². The van der Waals surface area contributed by atoms with E-state index in [1.54, 1.807) is 0 Å². The van der Waals surface area contributed by atoms with Crippen LogP contribution in [-0.4, -0.2) is 69.1 Å². The molecule has 6 nitrogen and oxygen atoms in total. The van der Waals surface area contributed by atoms with Crippen molar-refractivity contribution in [3.63, 3.8) is 0 Å². The van der Waals surface area contributed by atoms with E-state index in [4.69, 9.17) is 9.72 Å². The standard InChI is InChI=1S/C36H42N4O2/c41-25-10-9-20-40-33-34-23-36(40,17-13-25)42-35(33)16-7-3-1-2-4-8-19-39(24-34)21-15-29(34)28(22-35)31-32-27(14-18-37-31)26-11-5-6-12-30(26)38-32/h1,3,5-6,11-12,14,18,22,29,33,38H,2,4,7-10,13,15-17,19-21,23-24H2/b3-1-/t29?,33?,34?,35?,36-/m0/s1. The van der Waals surface area contributed by atoms with Crippen LogP contribution in [0.3, 0.4) is 0 Å². The molecule has 0 saturated carbocycles. The molecule has 6 atom stereocenters. The van der Waals surface area contributed by atoms with E-state index in [9.17, 15) is 4.79 Å². The lowest BCUT2D eigenvalue weighted by Crippen LogP contribution is -2.65. The Hall–Kier alpha value is -2.80. The van der Waals surface area contributed by atoms with Gasteiger partial charge in [0, 0.05) is 53.8 Å². The van der Waals surface area contributed by atoms with Crippen LogP contribution in [0.4, 0.5) is 0 Å². The van der Waals surface area contributed by atoms with Gasteiger partial charge in [-0.05, 0) is 101 Å². The number of ether oxygens (including phenoxy) is 1. The predicted molar refractivity (Wildman–Crippen MR) is 166 cm³/mol. The molecular formula is C36H42N4O2. The fourth-order valence-electron chi connectivity index (χ4n) is 10.5. The number of piperidine rings is 1. The van der Waals surface area contributed by atoms with E-state index in [2.05, 4.69) is 63.3 Å². The monoisotopic (exact) mass is 562 g/mol. The Morgan fingerprint density at radius 2 is 1.88 bits per heavy atom. The largest absolute Gasteiger partial charge is 0.353 e. The van der Waals surface area contributed by atoms with Crippen molar-refractivity contribution in [2.45, 2.75) is 88.0 Å². The minimum Gasteiger partial charge on any atom is -0.353 e. The number of pyridine rings is 1. The number of carbonyl (C=O) groups is 1. The van der Waals surface area contributed by atoms with Gasteiger partial charge in [-0.25, -0.2) is 0 Å².